The summed E-state index contributed by atoms with van der Waals surface area (Å²) in [7, 11) is -3.78. The summed E-state index contributed by atoms with van der Waals surface area (Å²) in [5.74, 6) is -0.155. The number of ether oxygens (including phenoxy) is 1. The quantitative estimate of drug-likeness (QED) is 0.814. The summed E-state index contributed by atoms with van der Waals surface area (Å²) < 4.78 is 28.0. The number of carbonyl (C=O) groups excluding carboxylic acids is 2. The average molecular weight is 395 g/mol. The van der Waals surface area contributed by atoms with Crippen LogP contribution >= 0.6 is 0 Å². The number of carbonyl (C=O) groups is 2. The third kappa shape index (κ3) is 4.24. The fourth-order valence-corrected chi connectivity index (χ4v) is 4.07. The van der Waals surface area contributed by atoms with Crippen molar-refractivity contribution < 1.29 is 22.7 Å². The van der Waals surface area contributed by atoms with Gasteiger partial charge in [0.2, 0.25) is 10.0 Å². The van der Waals surface area contributed by atoms with E-state index in [1.54, 1.807) is 9.80 Å². The Morgan fingerprint density at radius 2 is 1.63 bits per heavy atom. The Kier molecular flexibility index (Phi) is 4.72. The van der Waals surface area contributed by atoms with Crippen molar-refractivity contribution in [3.63, 3.8) is 0 Å². The number of amides is 2. The molecule has 1 aromatic rings. The van der Waals surface area contributed by atoms with Gasteiger partial charge in [0.1, 0.15) is 5.60 Å². The molecule has 0 unspecified atom stereocenters. The number of rotatable bonds is 2. The zero-order valence-corrected chi connectivity index (χ0v) is 16.6. The molecule has 3 rings (SSSR count). The van der Waals surface area contributed by atoms with Crippen molar-refractivity contribution >= 4 is 22.0 Å². The van der Waals surface area contributed by atoms with Gasteiger partial charge >= 0.3 is 6.09 Å². The van der Waals surface area contributed by atoms with Crippen molar-refractivity contribution in [2.24, 2.45) is 10.6 Å². The molecular weight excluding hydrogens is 370 g/mol. The van der Waals surface area contributed by atoms with Crippen molar-refractivity contribution in [1.29, 1.82) is 0 Å². The Balaban J connectivity index is 1.58. The van der Waals surface area contributed by atoms with E-state index in [9.17, 15) is 18.0 Å². The van der Waals surface area contributed by atoms with Crippen LogP contribution in [0.2, 0.25) is 0 Å². The predicted octanol–water partition coefficient (Wildman–Crippen LogP) is 1.42. The molecule has 2 saturated heterocycles. The van der Waals surface area contributed by atoms with Gasteiger partial charge in [0.05, 0.1) is 4.90 Å². The first kappa shape index (κ1) is 19.6. The summed E-state index contributed by atoms with van der Waals surface area (Å²) in [5, 5.41) is 5.07. The molecule has 0 aromatic heterocycles. The highest BCUT2D eigenvalue weighted by atomic mass is 32.2. The predicted molar refractivity (Wildman–Crippen MR) is 98.6 cm³/mol. The van der Waals surface area contributed by atoms with Gasteiger partial charge in [-0.3, -0.25) is 4.79 Å². The monoisotopic (exact) mass is 395 g/mol. The number of sulfonamides is 1. The molecular formula is C18H25N3O5S. The van der Waals surface area contributed by atoms with Gasteiger partial charge in [0.15, 0.2) is 0 Å². The minimum Gasteiger partial charge on any atom is -0.444 e. The summed E-state index contributed by atoms with van der Waals surface area (Å²) >= 11 is 0. The van der Waals surface area contributed by atoms with Crippen molar-refractivity contribution in [2.75, 3.05) is 26.2 Å². The lowest BCUT2D eigenvalue weighted by atomic mass is 9.78. The van der Waals surface area contributed by atoms with E-state index in [-0.39, 0.29) is 22.3 Å². The second kappa shape index (κ2) is 6.49. The van der Waals surface area contributed by atoms with Crippen molar-refractivity contribution in [3.05, 3.63) is 29.8 Å². The molecule has 0 atom stereocenters. The van der Waals surface area contributed by atoms with Crippen LogP contribution in [0.4, 0.5) is 4.79 Å². The molecule has 2 aliphatic rings. The molecule has 2 amide bonds. The van der Waals surface area contributed by atoms with E-state index >= 15 is 0 Å². The number of likely N-dealkylation sites (tertiary alicyclic amines) is 2. The Morgan fingerprint density at radius 1 is 1.07 bits per heavy atom. The Hall–Kier alpha value is -2.13. The molecule has 8 nitrogen and oxygen atoms in total. The molecule has 2 N–H and O–H groups in total. The summed E-state index contributed by atoms with van der Waals surface area (Å²) in [5.41, 5.74) is -0.190. The van der Waals surface area contributed by atoms with E-state index in [1.165, 1.54) is 24.3 Å². The van der Waals surface area contributed by atoms with E-state index in [1.807, 2.05) is 20.8 Å². The highest BCUT2D eigenvalue weighted by molar-refractivity contribution is 7.89. The number of hydrogen-bond donors (Lipinski definition) is 1. The first-order valence-corrected chi connectivity index (χ1v) is 10.3. The fourth-order valence-electron chi connectivity index (χ4n) is 3.55. The second-order valence-corrected chi connectivity index (χ2v) is 9.94. The van der Waals surface area contributed by atoms with E-state index in [0.717, 1.165) is 6.42 Å². The highest BCUT2D eigenvalue weighted by Gasteiger charge is 2.50. The van der Waals surface area contributed by atoms with Gasteiger partial charge in [-0.15, -0.1) is 0 Å². The second-order valence-electron chi connectivity index (χ2n) is 8.38. The first-order valence-electron chi connectivity index (χ1n) is 8.79. The van der Waals surface area contributed by atoms with Gasteiger partial charge in [-0.25, -0.2) is 18.4 Å². The largest absolute Gasteiger partial charge is 0.444 e. The van der Waals surface area contributed by atoms with Crippen LogP contribution in [0, 0.1) is 5.41 Å². The molecule has 1 aromatic carbocycles. The Labute approximate surface area is 159 Å². The molecule has 1 spiro atoms. The van der Waals surface area contributed by atoms with E-state index in [2.05, 4.69) is 0 Å². The van der Waals surface area contributed by atoms with Crippen LogP contribution in [0.1, 0.15) is 37.6 Å². The normalized spacial score (nSPS) is 19.1. The maximum Gasteiger partial charge on any atom is 0.410 e. The van der Waals surface area contributed by atoms with Crippen LogP contribution in [0.3, 0.4) is 0 Å². The van der Waals surface area contributed by atoms with Crippen LogP contribution in [0.15, 0.2) is 29.2 Å². The molecule has 2 fully saturated rings. The molecule has 0 radical (unpaired) electrons. The van der Waals surface area contributed by atoms with E-state index in [0.29, 0.717) is 31.7 Å². The molecule has 9 heteroatoms. The molecule has 2 aliphatic heterocycles. The van der Waals surface area contributed by atoms with Crippen molar-refractivity contribution in [2.45, 2.75) is 37.7 Å². The van der Waals surface area contributed by atoms with Crippen LogP contribution < -0.4 is 5.14 Å². The Bertz CT molecular complexity index is 852. The lowest BCUT2D eigenvalue weighted by Crippen LogP contribution is -2.59. The van der Waals surface area contributed by atoms with Crippen LogP contribution in [-0.4, -0.2) is 62.0 Å². The Morgan fingerprint density at radius 3 is 2.15 bits per heavy atom. The van der Waals surface area contributed by atoms with Gasteiger partial charge in [0.25, 0.3) is 5.91 Å². The number of hydrogen-bond acceptors (Lipinski definition) is 5. The van der Waals surface area contributed by atoms with Gasteiger partial charge in [-0.1, -0.05) is 0 Å². The van der Waals surface area contributed by atoms with Gasteiger partial charge in [0, 0.05) is 37.2 Å². The number of primary sulfonamides is 1. The maximum absolute atomic E-state index is 12.6. The van der Waals surface area contributed by atoms with E-state index < -0.39 is 15.6 Å². The minimum atomic E-state index is -3.78. The summed E-state index contributed by atoms with van der Waals surface area (Å²) in [4.78, 5) is 28.2. The van der Waals surface area contributed by atoms with Gasteiger partial charge in [-0.05, 0) is 51.5 Å². The van der Waals surface area contributed by atoms with Crippen LogP contribution in [0.5, 0.6) is 0 Å². The molecule has 0 saturated carbocycles. The summed E-state index contributed by atoms with van der Waals surface area (Å²) in [6.07, 6.45) is 0.517. The van der Waals surface area contributed by atoms with Gasteiger partial charge < -0.3 is 14.5 Å². The molecule has 2 heterocycles. The molecule has 148 valence electrons. The number of benzene rings is 1. The molecule has 0 aliphatic carbocycles. The zero-order valence-electron chi connectivity index (χ0n) is 15.8. The number of nitrogens with zero attached hydrogens (tertiary/aromatic N) is 2. The molecule has 0 bridgehead atoms. The smallest absolute Gasteiger partial charge is 0.410 e. The third-order valence-corrected chi connectivity index (χ3v) is 5.79. The lowest BCUT2D eigenvalue weighted by molar-refractivity contribution is 0.00307. The standard InChI is InChI=1S/C18H25N3O5S/c1-17(2,3)26-16(23)20-9-8-18(10-20)11-21(12-18)15(22)13-4-6-14(7-5-13)27(19,24)25/h4-7H,8-12H2,1-3H3,(H2,19,24,25). The number of nitrogens with two attached hydrogens (primary N) is 1. The van der Waals surface area contributed by atoms with E-state index in [4.69, 9.17) is 9.88 Å². The zero-order chi connectivity index (χ0) is 20.0. The third-order valence-electron chi connectivity index (χ3n) is 4.86. The summed E-state index contributed by atoms with van der Waals surface area (Å²) in [6, 6.07) is 5.60. The average Bonchev–Trinajstić information content (AvgIpc) is 2.96. The lowest BCUT2D eigenvalue weighted by Gasteiger charge is -2.48. The van der Waals surface area contributed by atoms with Crippen molar-refractivity contribution in [3.8, 4) is 0 Å². The topological polar surface area (TPSA) is 110 Å². The minimum absolute atomic E-state index is 0.0251. The molecule has 27 heavy (non-hydrogen) atoms. The summed E-state index contributed by atoms with van der Waals surface area (Å²) in [6.45, 7) is 7.85. The highest BCUT2D eigenvalue weighted by Crippen LogP contribution is 2.40. The fraction of sp³-hybridized carbons (Fsp3) is 0.556. The van der Waals surface area contributed by atoms with Crippen LogP contribution in [-0.2, 0) is 14.8 Å². The maximum atomic E-state index is 12.6. The van der Waals surface area contributed by atoms with Crippen LogP contribution in [0.25, 0.3) is 0 Å². The SMILES string of the molecule is CC(C)(C)OC(=O)N1CCC2(C1)CN(C(=O)c1ccc(S(N)(=O)=O)cc1)C2. The first-order chi connectivity index (χ1) is 12.4. The van der Waals surface area contributed by atoms with Crippen molar-refractivity contribution in [1.82, 2.24) is 9.80 Å². The van der Waals surface area contributed by atoms with Gasteiger partial charge in [-0.2, -0.15) is 0 Å².